The first kappa shape index (κ1) is 12.2. The highest BCUT2D eigenvalue weighted by atomic mass is 16.6. The van der Waals surface area contributed by atoms with Crippen molar-refractivity contribution in [1.29, 1.82) is 0 Å². The molecule has 16 heavy (non-hydrogen) atoms. The molecule has 0 saturated heterocycles. The Morgan fingerprint density at radius 1 is 1.38 bits per heavy atom. The molecule has 0 fully saturated rings. The van der Waals surface area contributed by atoms with Crippen molar-refractivity contribution in [2.75, 3.05) is 13.2 Å². The molecule has 0 radical (unpaired) electrons. The minimum Gasteiger partial charge on any atom is -0.466 e. The zero-order chi connectivity index (χ0) is 11.6. The molecule has 1 aromatic carbocycles. The van der Waals surface area contributed by atoms with E-state index < -0.39 is 0 Å². The standard InChI is InChI=1S/C12H15NO3/c1-2-15-12(14)8-9-16-13-10-11-6-4-3-5-7-11/h3-7,10H,2,8-9H2,1H3/b13-10+. The van der Waals surface area contributed by atoms with Crippen LogP contribution < -0.4 is 0 Å². The van der Waals surface area contributed by atoms with E-state index >= 15 is 0 Å². The van der Waals surface area contributed by atoms with Crippen LogP contribution in [0.1, 0.15) is 18.9 Å². The smallest absolute Gasteiger partial charge is 0.309 e. The van der Waals surface area contributed by atoms with E-state index in [1.165, 1.54) is 0 Å². The molecular weight excluding hydrogens is 206 g/mol. The molecule has 0 saturated carbocycles. The summed E-state index contributed by atoms with van der Waals surface area (Å²) in [6.07, 6.45) is 1.82. The lowest BCUT2D eigenvalue weighted by atomic mass is 10.2. The van der Waals surface area contributed by atoms with Gasteiger partial charge in [-0.1, -0.05) is 35.5 Å². The predicted octanol–water partition coefficient (Wildman–Crippen LogP) is 1.99. The summed E-state index contributed by atoms with van der Waals surface area (Å²) in [5, 5.41) is 3.74. The van der Waals surface area contributed by atoms with E-state index in [4.69, 9.17) is 9.57 Å². The Morgan fingerprint density at radius 2 is 2.12 bits per heavy atom. The van der Waals surface area contributed by atoms with Crippen molar-refractivity contribution in [2.45, 2.75) is 13.3 Å². The van der Waals surface area contributed by atoms with Gasteiger partial charge in [0.25, 0.3) is 0 Å². The van der Waals surface area contributed by atoms with E-state index in [-0.39, 0.29) is 19.0 Å². The lowest BCUT2D eigenvalue weighted by Gasteiger charge is -2.00. The van der Waals surface area contributed by atoms with Crippen molar-refractivity contribution >= 4 is 12.2 Å². The highest BCUT2D eigenvalue weighted by Crippen LogP contribution is 1.94. The SMILES string of the molecule is CCOC(=O)CCO/N=C/c1ccccc1. The highest BCUT2D eigenvalue weighted by molar-refractivity contribution is 5.78. The molecular formula is C12H15NO3. The second-order valence-corrected chi connectivity index (χ2v) is 3.03. The van der Waals surface area contributed by atoms with E-state index in [9.17, 15) is 4.79 Å². The molecule has 1 rings (SSSR count). The van der Waals surface area contributed by atoms with Crippen molar-refractivity contribution in [3.63, 3.8) is 0 Å². The van der Waals surface area contributed by atoms with Gasteiger partial charge in [-0.15, -0.1) is 0 Å². The summed E-state index contributed by atoms with van der Waals surface area (Å²) in [5.41, 5.74) is 0.957. The van der Waals surface area contributed by atoms with Crippen LogP contribution in [0.15, 0.2) is 35.5 Å². The zero-order valence-electron chi connectivity index (χ0n) is 9.26. The third-order valence-corrected chi connectivity index (χ3v) is 1.78. The van der Waals surface area contributed by atoms with Crippen LogP contribution in [0, 0.1) is 0 Å². The van der Waals surface area contributed by atoms with Crippen molar-refractivity contribution in [2.24, 2.45) is 5.16 Å². The molecule has 0 N–H and O–H groups in total. The van der Waals surface area contributed by atoms with Gasteiger partial charge in [-0.05, 0) is 12.5 Å². The van der Waals surface area contributed by atoms with Gasteiger partial charge >= 0.3 is 5.97 Å². The molecule has 0 unspecified atom stereocenters. The lowest BCUT2D eigenvalue weighted by molar-refractivity contribution is -0.144. The molecule has 1 aromatic rings. The molecule has 0 aliphatic heterocycles. The van der Waals surface area contributed by atoms with Crippen molar-refractivity contribution in [3.05, 3.63) is 35.9 Å². The van der Waals surface area contributed by atoms with Crippen molar-refractivity contribution in [3.8, 4) is 0 Å². The first-order valence-electron chi connectivity index (χ1n) is 5.19. The van der Waals surface area contributed by atoms with Crippen LogP contribution in [0.25, 0.3) is 0 Å². The second-order valence-electron chi connectivity index (χ2n) is 3.03. The molecule has 4 nitrogen and oxygen atoms in total. The van der Waals surface area contributed by atoms with Gasteiger partial charge in [-0.25, -0.2) is 0 Å². The van der Waals surface area contributed by atoms with Crippen LogP contribution in [-0.4, -0.2) is 25.4 Å². The fraction of sp³-hybridized carbons (Fsp3) is 0.333. The maximum Gasteiger partial charge on any atom is 0.309 e. The summed E-state index contributed by atoms with van der Waals surface area (Å²) in [4.78, 5) is 15.8. The fourth-order valence-corrected chi connectivity index (χ4v) is 1.05. The maximum absolute atomic E-state index is 10.9. The number of carbonyl (C=O) groups is 1. The van der Waals surface area contributed by atoms with Crippen LogP contribution in [0.4, 0.5) is 0 Å². The molecule has 0 bridgehead atoms. The van der Waals surface area contributed by atoms with Crippen molar-refractivity contribution < 1.29 is 14.4 Å². The second kappa shape index (κ2) is 7.45. The Morgan fingerprint density at radius 3 is 2.81 bits per heavy atom. The van der Waals surface area contributed by atoms with Crippen LogP contribution in [-0.2, 0) is 14.4 Å². The molecule has 86 valence electrons. The summed E-state index contributed by atoms with van der Waals surface area (Å²) in [5.74, 6) is -0.266. The predicted molar refractivity (Wildman–Crippen MR) is 61.2 cm³/mol. The number of ether oxygens (including phenoxy) is 1. The van der Waals surface area contributed by atoms with E-state index in [0.29, 0.717) is 6.61 Å². The van der Waals surface area contributed by atoms with Crippen molar-refractivity contribution in [1.82, 2.24) is 0 Å². The molecule has 0 aromatic heterocycles. The van der Waals surface area contributed by atoms with Gasteiger partial charge in [0.1, 0.15) is 6.61 Å². The highest BCUT2D eigenvalue weighted by Gasteiger charge is 1.99. The minimum absolute atomic E-state index is 0.222. The van der Waals surface area contributed by atoms with E-state index in [1.807, 2.05) is 30.3 Å². The Labute approximate surface area is 94.9 Å². The first-order valence-corrected chi connectivity index (χ1v) is 5.19. The Bertz CT molecular complexity index is 335. The number of carbonyl (C=O) groups excluding carboxylic acids is 1. The average molecular weight is 221 g/mol. The Kier molecular flexibility index (Phi) is 5.70. The van der Waals surface area contributed by atoms with Gasteiger partial charge in [0.05, 0.1) is 19.2 Å². The number of nitrogens with zero attached hydrogens (tertiary/aromatic N) is 1. The van der Waals surface area contributed by atoms with Crippen LogP contribution in [0.2, 0.25) is 0 Å². The summed E-state index contributed by atoms with van der Waals surface area (Å²) >= 11 is 0. The molecule has 0 spiro atoms. The Balaban J connectivity index is 2.16. The first-order chi connectivity index (χ1) is 7.83. The van der Waals surface area contributed by atoms with E-state index in [2.05, 4.69) is 5.16 Å². The van der Waals surface area contributed by atoms with Crippen LogP contribution >= 0.6 is 0 Å². The molecule has 0 heterocycles. The third kappa shape index (κ3) is 5.14. The normalized spacial score (nSPS) is 10.3. The van der Waals surface area contributed by atoms with Gasteiger partial charge in [0.2, 0.25) is 0 Å². The zero-order valence-corrected chi connectivity index (χ0v) is 9.26. The molecule has 0 amide bonds. The van der Waals surface area contributed by atoms with E-state index in [1.54, 1.807) is 13.1 Å². The van der Waals surface area contributed by atoms with E-state index in [0.717, 1.165) is 5.56 Å². The third-order valence-electron chi connectivity index (χ3n) is 1.78. The molecule has 0 aliphatic carbocycles. The Hall–Kier alpha value is -1.84. The maximum atomic E-state index is 10.9. The average Bonchev–Trinajstić information content (AvgIpc) is 2.30. The topological polar surface area (TPSA) is 47.9 Å². The number of hydrogen-bond donors (Lipinski definition) is 0. The minimum atomic E-state index is -0.266. The van der Waals surface area contributed by atoms with Crippen LogP contribution in [0.5, 0.6) is 0 Å². The van der Waals surface area contributed by atoms with Gasteiger partial charge in [-0.3, -0.25) is 4.79 Å². The van der Waals surface area contributed by atoms with Gasteiger partial charge in [0, 0.05) is 0 Å². The number of oxime groups is 1. The molecule has 0 atom stereocenters. The monoisotopic (exact) mass is 221 g/mol. The number of rotatable bonds is 6. The quantitative estimate of drug-likeness (QED) is 0.319. The number of benzene rings is 1. The summed E-state index contributed by atoms with van der Waals surface area (Å²) < 4.78 is 4.74. The van der Waals surface area contributed by atoms with Gasteiger partial charge in [-0.2, -0.15) is 0 Å². The summed E-state index contributed by atoms with van der Waals surface area (Å²) in [7, 11) is 0. The van der Waals surface area contributed by atoms with Gasteiger partial charge in [0.15, 0.2) is 0 Å². The fourth-order valence-electron chi connectivity index (χ4n) is 1.05. The number of hydrogen-bond acceptors (Lipinski definition) is 4. The largest absolute Gasteiger partial charge is 0.466 e. The number of esters is 1. The summed E-state index contributed by atoms with van der Waals surface area (Å²) in [6, 6.07) is 9.59. The molecule has 0 aliphatic rings. The lowest BCUT2D eigenvalue weighted by Crippen LogP contribution is -2.06. The summed E-state index contributed by atoms with van der Waals surface area (Å²) in [6.45, 7) is 2.40. The molecule has 4 heteroatoms. The van der Waals surface area contributed by atoms with Gasteiger partial charge < -0.3 is 9.57 Å². The van der Waals surface area contributed by atoms with Crippen LogP contribution in [0.3, 0.4) is 0 Å².